The number of ether oxygens (including phenoxy) is 1. The van der Waals surface area contributed by atoms with E-state index >= 15 is 0 Å². The second kappa shape index (κ2) is 11.6. The number of hydrogen-bond acceptors (Lipinski definition) is 8. The smallest absolute Gasteiger partial charge is 0.318 e. The average molecular weight is 618 g/mol. The summed E-state index contributed by atoms with van der Waals surface area (Å²) in [6.07, 6.45) is 9.71. The van der Waals surface area contributed by atoms with Crippen LogP contribution in [-0.4, -0.2) is 82.1 Å². The zero-order chi connectivity index (χ0) is 31.4. The van der Waals surface area contributed by atoms with Gasteiger partial charge in [0.2, 0.25) is 5.91 Å². The normalized spacial score (nSPS) is 23.8. The number of amides is 1. The van der Waals surface area contributed by atoms with Crippen molar-refractivity contribution in [2.75, 3.05) is 42.6 Å². The van der Waals surface area contributed by atoms with Crippen LogP contribution in [0.5, 0.6) is 6.01 Å². The fourth-order valence-electron chi connectivity index (χ4n) is 8.37. The monoisotopic (exact) mass is 617 g/mol. The standard InChI is InChI=1S/C37H43N7O2/c1-3-33(45)43-20-19-41(22-28(43)14-17-38)35-30-21-37(15-16-37)44(32-11-5-9-26-8-4-7-25(2)34(26)32)23-31(30)39-36(40-35)46-24-29-10-6-18-42(29)27-12-13-27/h3-5,7-9,11,27-29H,1,6,10,12-16,18-24H2,2H3/t28-,29-/m0/s1. The number of benzene rings is 2. The lowest BCUT2D eigenvalue weighted by Crippen LogP contribution is -2.55. The van der Waals surface area contributed by atoms with Gasteiger partial charge in [0, 0.05) is 60.3 Å². The Morgan fingerprint density at radius 2 is 1.93 bits per heavy atom. The molecule has 2 saturated carbocycles. The van der Waals surface area contributed by atoms with Crippen molar-refractivity contribution in [3.8, 4) is 12.1 Å². The van der Waals surface area contributed by atoms with Gasteiger partial charge in [-0.1, -0.05) is 36.9 Å². The molecule has 2 saturated heterocycles. The van der Waals surface area contributed by atoms with E-state index in [1.165, 1.54) is 52.9 Å². The van der Waals surface area contributed by atoms with Crippen molar-refractivity contribution in [2.24, 2.45) is 0 Å². The van der Waals surface area contributed by atoms with Gasteiger partial charge in [0.05, 0.1) is 30.8 Å². The summed E-state index contributed by atoms with van der Waals surface area (Å²) in [6.45, 7) is 10.1. The minimum atomic E-state index is -0.224. The van der Waals surface area contributed by atoms with Crippen LogP contribution in [0.15, 0.2) is 49.1 Å². The van der Waals surface area contributed by atoms with Crippen molar-refractivity contribution in [3.05, 3.63) is 65.9 Å². The number of anilines is 2. The molecule has 2 aromatic carbocycles. The van der Waals surface area contributed by atoms with E-state index in [0.29, 0.717) is 44.8 Å². The molecule has 1 aromatic heterocycles. The molecule has 238 valence electrons. The van der Waals surface area contributed by atoms with Gasteiger partial charge in [0.25, 0.3) is 0 Å². The summed E-state index contributed by atoms with van der Waals surface area (Å²) in [5.74, 6) is 0.794. The average Bonchev–Trinajstić information content (AvgIpc) is 4.01. The Bertz CT molecular complexity index is 1720. The maximum absolute atomic E-state index is 12.7. The quantitative estimate of drug-likeness (QED) is 0.321. The first-order valence-corrected chi connectivity index (χ1v) is 17.1. The summed E-state index contributed by atoms with van der Waals surface area (Å²) < 4.78 is 6.51. The predicted octanol–water partition coefficient (Wildman–Crippen LogP) is 5.16. The molecular weight excluding hydrogens is 574 g/mol. The molecule has 9 heteroatoms. The SMILES string of the molecule is C=CC(=O)N1CCN(c2nc(OC[C@@H]3CCCN3C3CC3)nc3c2CC2(CC2)N(c2cccc4cccc(C)c24)C3)C[C@@H]1CC#N. The van der Waals surface area contributed by atoms with Crippen LogP contribution in [0.25, 0.3) is 10.8 Å². The molecule has 46 heavy (non-hydrogen) atoms. The highest BCUT2D eigenvalue weighted by molar-refractivity contribution is 5.97. The molecule has 3 aromatic rings. The summed E-state index contributed by atoms with van der Waals surface area (Å²) in [5, 5.41) is 12.2. The highest BCUT2D eigenvalue weighted by Crippen LogP contribution is 2.53. The highest BCUT2D eigenvalue weighted by Gasteiger charge is 2.52. The third-order valence-electron chi connectivity index (χ3n) is 11.1. The molecular formula is C37H43N7O2. The summed E-state index contributed by atoms with van der Waals surface area (Å²) in [5.41, 5.74) is 4.81. The van der Waals surface area contributed by atoms with E-state index in [2.05, 4.69) is 70.7 Å². The van der Waals surface area contributed by atoms with Gasteiger partial charge < -0.3 is 19.4 Å². The Morgan fingerprint density at radius 3 is 2.70 bits per heavy atom. The molecule has 0 bridgehead atoms. The number of nitriles is 1. The molecule has 9 nitrogen and oxygen atoms in total. The van der Waals surface area contributed by atoms with Crippen LogP contribution in [0.3, 0.4) is 0 Å². The van der Waals surface area contributed by atoms with E-state index in [-0.39, 0.29) is 23.9 Å². The summed E-state index contributed by atoms with van der Waals surface area (Å²) in [4.78, 5) is 32.3. The topological polar surface area (TPSA) is 88.8 Å². The van der Waals surface area contributed by atoms with Crippen LogP contribution in [0.4, 0.5) is 11.5 Å². The number of fused-ring (bicyclic) bond motifs is 2. The Kier molecular flexibility index (Phi) is 7.36. The third-order valence-corrected chi connectivity index (χ3v) is 11.1. The van der Waals surface area contributed by atoms with Gasteiger partial charge in [0.15, 0.2) is 0 Å². The number of likely N-dealkylation sites (tertiary alicyclic amines) is 1. The molecule has 3 aliphatic heterocycles. The van der Waals surface area contributed by atoms with E-state index < -0.39 is 0 Å². The van der Waals surface area contributed by atoms with Gasteiger partial charge >= 0.3 is 6.01 Å². The van der Waals surface area contributed by atoms with Crippen molar-refractivity contribution >= 4 is 28.2 Å². The van der Waals surface area contributed by atoms with Crippen molar-refractivity contribution in [2.45, 2.75) is 88.5 Å². The molecule has 5 aliphatic rings. The number of carbonyl (C=O) groups is 1. The Labute approximate surface area is 271 Å². The lowest BCUT2D eigenvalue weighted by atomic mass is 9.92. The molecule has 0 unspecified atom stereocenters. The molecule has 8 rings (SSSR count). The Morgan fingerprint density at radius 1 is 1.11 bits per heavy atom. The minimum absolute atomic E-state index is 0.0331. The lowest BCUT2D eigenvalue weighted by Gasteiger charge is -2.44. The van der Waals surface area contributed by atoms with Crippen LogP contribution in [0, 0.1) is 18.3 Å². The molecule has 2 aliphatic carbocycles. The Hall–Kier alpha value is -4.16. The van der Waals surface area contributed by atoms with Gasteiger partial charge in [-0.2, -0.15) is 15.2 Å². The van der Waals surface area contributed by atoms with Crippen LogP contribution in [-0.2, 0) is 17.8 Å². The number of piperazine rings is 1. The molecule has 2 atom stereocenters. The molecule has 0 radical (unpaired) electrons. The van der Waals surface area contributed by atoms with Crippen molar-refractivity contribution in [1.29, 1.82) is 5.26 Å². The first-order valence-electron chi connectivity index (χ1n) is 17.1. The number of rotatable bonds is 8. The second-order valence-corrected chi connectivity index (χ2v) is 14.0. The van der Waals surface area contributed by atoms with Crippen molar-refractivity contribution in [1.82, 2.24) is 19.8 Å². The molecule has 1 spiro atoms. The number of aryl methyl sites for hydroxylation is 1. The molecule has 0 N–H and O–H groups in total. The molecule has 4 fully saturated rings. The van der Waals surface area contributed by atoms with Gasteiger partial charge in [-0.3, -0.25) is 9.69 Å². The largest absolute Gasteiger partial charge is 0.462 e. The third kappa shape index (κ3) is 5.17. The highest BCUT2D eigenvalue weighted by atomic mass is 16.5. The van der Waals surface area contributed by atoms with E-state index in [9.17, 15) is 10.1 Å². The number of nitrogens with zero attached hydrogens (tertiary/aromatic N) is 7. The zero-order valence-corrected chi connectivity index (χ0v) is 26.8. The molecule has 4 heterocycles. The predicted molar refractivity (Wildman–Crippen MR) is 179 cm³/mol. The van der Waals surface area contributed by atoms with Crippen LogP contribution >= 0.6 is 0 Å². The van der Waals surface area contributed by atoms with Gasteiger partial charge in [0.1, 0.15) is 12.4 Å². The maximum Gasteiger partial charge on any atom is 0.318 e. The first-order chi connectivity index (χ1) is 22.5. The van der Waals surface area contributed by atoms with Gasteiger partial charge in [-0.15, -0.1) is 0 Å². The minimum Gasteiger partial charge on any atom is -0.462 e. The lowest BCUT2D eigenvalue weighted by molar-refractivity contribution is -0.128. The van der Waals surface area contributed by atoms with Crippen molar-refractivity contribution < 1.29 is 9.53 Å². The fraction of sp³-hybridized carbons (Fsp3) is 0.514. The van der Waals surface area contributed by atoms with Crippen LogP contribution < -0.4 is 14.5 Å². The second-order valence-electron chi connectivity index (χ2n) is 14.0. The van der Waals surface area contributed by atoms with Gasteiger partial charge in [-0.25, -0.2) is 0 Å². The van der Waals surface area contributed by atoms with Crippen LogP contribution in [0.2, 0.25) is 0 Å². The maximum atomic E-state index is 12.7. The summed E-state index contributed by atoms with van der Waals surface area (Å²) in [6, 6.07) is 16.9. The number of aromatic nitrogens is 2. The van der Waals surface area contributed by atoms with E-state index in [1.54, 1.807) is 4.90 Å². The van der Waals surface area contributed by atoms with E-state index in [4.69, 9.17) is 14.7 Å². The Balaban J connectivity index is 1.16. The summed E-state index contributed by atoms with van der Waals surface area (Å²) in [7, 11) is 0. The zero-order valence-electron chi connectivity index (χ0n) is 26.8. The number of hydrogen-bond donors (Lipinski definition) is 0. The van der Waals surface area contributed by atoms with E-state index in [0.717, 1.165) is 49.8 Å². The van der Waals surface area contributed by atoms with E-state index in [1.807, 2.05) is 0 Å². The van der Waals surface area contributed by atoms with Gasteiger partial charge in [-0.05, 0) is 75.1 Å². The fourth-order valence-corrected chi connectivity index (χ4v) is 8.37. The molecule has 1 amide bonds. The first kappa shape index (κ1) is 29.3. The number of carbonyl (C=O) groups excluding carboxylic acids is 1. The van der Waals surface area contributed by atoms with Crippen molar-refractivity contribution in [3.63, 3.8) is 0 Å². The van der Waals surface area contributed by atoms with Crippen LogP contribution in [0.1, 0.15) is 61.8 Å². The summed E-state index contributed by atoms with van der Waals surface area (Å²) >= 11 is 0.